The van der Waals surface area contributed by atoms with Gasteiger partial charge in [0.1, 0.15) is 16.9 Å². The fourth-order valence-electron chi connectivity index (χ4n) is 3.58. The highest BCUT2D eigenvalue weighted by atomic mass is 32.2. The number of rotatable bonds is 6. The van der Waals surface area contributed by atoms with Crippen molar-refractivity contribution in [1.29, 1.82) is 0 Å². The molecule has 0 saturated carbocycles. The third kappa shape index (κ3) is 4.30. The second-order valence-corrected chi connectivity index (χ2v) is 10.4. The van der Waals surface area contributed by atoms with Crippen LogP contribution >= 0.6 is 11.3 Å². The molecule has 1 aliphatic heterocycles. The van der Waals surface area contributed by atoms with Crippen LogP contribution in [0.1, 0.15) is 31.4 Å². The third-order valence-corrected chi connectivity index (χ3v) is 8.52. The van der Waals surface area contributed by atoms with Gasteiger partial charge in [-0.15, -0.1) is 11.3 Å². The zero-order valence-corrected chi connectivity index (χ0v) is 18.1. The van der Waals surface area contributed by atoms with E-state index in [0.717, 1.165) is 11.3 Å². The van der Waals surface area contributed by atoms with Gasteiger partial charge in [-0.05, 0) is 48.9 Å². The first-order chi connectivity index (χ1) is 14.4. The first-order valence-electron chi connectivity index (χ1n) is 9.74. The minimum absolute atomic E-state index is 0.117. The third-order valence-electron chi connectivity index (χ3n) is 5.28. The van der Waals surface area contributed by atoms with Crippen LogP contribution < -0.4 is 5.32 Å². The molecule has 4 rings (SSSR count). The quantitative estimate of drug-likeness (QED) is 0.629. The second kappa shape index (κ2) is 8.66. The van der Waals surface area contributed by atoms with Crippen molar-refractivity contribution < 1.29 is 13.2 Å². The van der Waals surface area contributed by atoms with E-state index in [1.165, 1.54) is 22.0 Å². The van der Waals surface area contributed by atoms with Crippen molar-refractivity contribution in [3.05, 3.63) is 60.0 Å². The molecule has 30 heavy (non-hydrogen) atoms. The first-order valence-corrected chi connectivity index (χ1v) is 12.1. The van der Waals surface area contributed by atoms with Crippen molar-refractivity contribution in [3.8, 4) is 5.69 Å². The summed E-state index contributed by atoms with van der Waals surface area (Å²) in [6, 6.07) is 10.9. The lowest BCUT2D eigenvalue weighted by molar-refractivity contribution is -0.126. The molecule has 158 valence electrons. The molecular formula is C20H23N5O3S2. The Morgan fingerprint density at radius 1 is 1.27 bits per heavy atom. The van der Waals surface area contributed by atoms with Crippen LogP contribution in [0.4, 0.5) is 0 Å². The summed E-state index contributed by atoms with van der Waals surface area (Å²) in [5.41, 5.74) is 1.85. The highest BCUT2D eigenvalue weighted by Gasteiger charge is 2.34. The smallest absolute Gasteiger partial charge is 0.252 e. The molecule has 0 aliphatic carbocycles. The summed E-state index contributed by atoms with van der Waals surface area (Å²) in [6.45, 7) is 2.58. The lowest BCUT2D eigenvalue weighted by atomic mass is 9.98. The fraction of sp³-hybridized carbons (Fsp3) is 0.350. The Morgan fingerprint density at radius 2 is 2.07 bits per heavy atom. The first kappa shape index (κ1) is 20.7. The maximum atomic E-state index is 12.8. The van der Waals surface area contributed by atoms with E-state index >= 15 is 0 Å². The van der Waals surface area contributed by atoms with E-state index in [0.29, 0.717) is 23.6 Å². The molecule has 2 aromatic heterocycles. The Balaban J connectivity index is 1.39. The largest absolute Gasteiger partial charge is 0.349 e. The number of hydrogen-bond donors (Lipinski definition) is 1. The normalized spacial score (nSPS) is 18.8. The summed E-state index contributed by atoms with van der Waals surface area (Å²) in [6.07, 6.45) is 4.45. The topological polar surface area (TPSA) is 97.2 Å². The summed E-state index contributed by atoms with van der Waals surface area (Å²) in [7, 11) is -3.53. The highest BCUT2D eigenvalue weighted by molar-refractivity contribution is 7.91. The number of nitrogens with one attached hydrogen (secondary N) is 1. The SMILES string of the molecule is CC(NC(=O)C1CCCN(S(=O)(=O)c2cccs2)C1)c1ccc(-n2cncn2)cc1. The molecule has 0 bridgehead atoms. The summed E-state index contributed by atoms with van der Waals surface area (Å²) in [4.78, 5) is 16.8. The Labute approximate surface area is 179 Å². The van der Waals surface area contributed by atoms with Gasteiger partial charge in [-0.2, -0.15) is 9.40 Å². The lowest BCUT2D eigenvalue weighted by Gasteiger charge is -2.31. The molecule has 1 fully saturated rings. The van der Waals surface area contributed by atoms with Crippen LogP contribution in [0.25, 0.3) is 5.69 Å². The van der Waals surface area contributed by atoms with Crippen molar-refractivity contribution in [2.45, 2.75) is 30.0 Å². The van der Waals surface area contributed by atoms with Crippen LogP contribution in [-0.4, -0.2) is 46.5 Å². The van der Waals surface area contributed by atoms with Gasteiger partial charge in [0, 0.05) is 13.1 Å². The van der Waals surface area contributed by atoms with E-state index in [9.17, 15) is 13.2 Å². The van der Waals surface area contributed by atoms with Crippen LogP contribution in [-0.2, 0) is 14.8 Å². The van der Waals surface area contributed by atoms with Crippen LogP contribution in [0.5, 0.6) is 0 Å². The van der Waals surface area contributed by atoms with Gasteiger partial charge < -0.3 is 5.32 Å². The standard InChI is InChI=1S/C20H23N5O3S2/c1-15(16-6-8-18(9-7-16)25-14-21-13-22-25)23-20(26)17-4-2-10-24(12-17)30(27,28)19-5-3-11-29-19/h3,5-9,11,13-15,17H,2,4,10,12H2,1H3,(H,23,26). The van der Waals surface area contributed by atoms with Gasteiger partial charge in [0.2, 0.25) is 5.91 Å². The van der Waals surface area contributed by atoms with Gasteiger partial charge in [-0.1, -0.05) is 18.2 Å². The van der Waals surface area contributed by atoms with Gasteiger partial charge in [-0.3, -0.25) is 4.79 Å². The van der Waals surface area contributed by atoms with E-state index in [2.05, 4.69) is 15.4 Å². The maximum Gasteiger partial charge on any atom is 0.252 e. The summed E-state index contributed by atoms with van der Waals surface area (Å²) in [5.74, 6) is -0.473. The predicted molar refractivity (Wildman–Crippen MR) is 114 cm³/mol. The zero-order chi connectivity index (χ0) is 21.1. The molecule has 2 atom stereocenters. The van der Waals surface area contributed by atoms with E-state index < -0.39 is 10.0 Å². The fourth-order valence-corrected chi connectivity index (χ4v) is 6.25. The van der Waals surface area contributed by atoms with Crippen molar-refractivity contribution in [2.75, 3.05) is 13.1 Å². The Kier molecular flexibility index (Phi) is 5.98. The number of carbonyl (C=O) groups is 1. The van der Waals surface area contributed by atoms with Crippen molar-refractivity contribution >= 4 is 27.3 Å². The van der Waals surface area contributed by atoms with Crippen LogP contribution in [0.2, 0.25) is 0 Å². The molecular weight excluding hydrogens is 422 g/mol. The molecule has 3 heterocycles. The second-order valence-electron chi connectivity index (χ2n) is 7.30. The number of carbonyl (C=O) groups excluding carboxylic acids is 1. The number of benzene rings is 1. The van der Waals surface area contributed by atoms with Gasteiger partial charge in [0.25, 0.3) is 10.0 Å². The molecule has 1 amide bonds. The molecule has 1 aliphatic rings. The average Bonchev–Trinajstić information content (AvgIpc) is 3.48. The van der Waals surface area contributed by atoms with Crippen LogP contribution in [0.15, 0.2) is 58.6 Å². The lowest BCUT2D eigenvalue weighted by Crippen LogP contribution is -2.45. The number of thiophene rings is 1. The summed E-state index contributed by atoms with van der Waals surface area (Å²) >= 11 is 1.20. The summed E-state index contributed by atoms with van der Waals surface area (Å²) < 4.78 is 29.0. The molecule has 8 nitrogen and oxygen atoms in total. The molecule has 2 unspecified atom stereocenters. The molecule has 1 saturated heterocycles. The molecule has 10 heteroatoms. The van der Waals surface area contributed by atoms with Crippen molar-refractivity contribution in [1.82, 2.24) is 24.4 Å². The van der Waals surface area contributed by atoms with Crippen LogP contribution in [0, 0.1) is 5.92 Å². The molecule has 1 N–H and O–H groups in total. The zero-order valence-electron chi connectivity index (χ0n) is 16.5. The highest BCUT2D eigenvalue weighted by Crippen LogP contribution is 2.27. The van der Waals surface area contributed by atoms with E-state index in [4.69, 9.17) is 0 Å². The Bertz CT molecular complexity index is 1080. The van der Waals surface area contributed by atoms with Crippen molar-refractivity contribution in [2.24, 2.45) is 5.92 Å². The van der Waals surface area contributed by atoms with Gasteiger partial charge in [0.05, 0.1) is 17.6 Å². The molecule has 0 spiro atoms. The van der Waals surface area contributed by atoms with Crippen molar-refractivity contribution in [3.63, 3.8) is 0 Å². The molecule has 1 aromatic carbocycles. The number of piperidine rings is 1. The Morgan fingerprint density at radius 3 is 2.73 bits per heavy atom. The predicted octanol–water partition coefficient (Wildman–Crippen LogP) is 2.61. The van der Waals surface area contributed by atoms with E-state index in [1.54, 1.807) is 28.5 Å². The van der Waals surface area contributed by atoms with E-state index in [1.807, 2.05) is 31.2 Å². The Hall–Kier alpha value is -2.56. The summed E-state index contributed by atoms with van der Waals surface area (Å²) in [5, 5.41) is 8.88. The monoisotopic (exact) mass is 445 g/mol. The minimum atomic E-state index is -3.53. The molecule has 3 aromatic rings. The molecule has 0 radical (unpaired) electrons. The average molecular weight is 446 g/mol. The number of aromatic nitrogens is 3. The van der Waals surface area contributed by atoms with E-state index in [-0.39, 0.29) is 24.4 Å². The number of hydrogen-bond acceptors (Lipinski definition) is 6. The number of nitrogens with zero attached hydrogens (tertiary/aromatic N) is 4. The van der Waals surface area contributed by atoms with Crippen LogP contribution in [0.3, 0.4) is 0 Å². The van der Waals surface area contributed by atoms with Gasteiger partial charge >= 0.3 is 0 Å². The van der Waals surface area contributed by atoms with Gasteiger partial charge in [-0.25, -0.2) is 18.1 Å². The van der Waals surface area contributed by atoms with Gasteiger partial charge in [0.15, 0.2) is 0 Å². The number of sulfonamides is 1. The maximum absolute atomic E-state index is 12.8. The minimum Gasteiger partial charge on any atom is -0.349 e. The number of amides is 1.